The maximum atomic E-state index is 13.0. The standard InChI is InChI=1S/C17H19NO3S/c1-20-14-7-6-13-16(14)21-9-8-18(13)17(19)12-10-22-15-5-3-2-4-11(12)15/h2-5,10,13-14,16H,6-9H2,1H3/t13-,14+,16+/m0/s1. The molecule has 0 unspecified atom stereocenters. The largest absolute Gasteiger partial charge is 0.379 e. The number of hydrogen-bond acceptors (Lipinski definition) is 4. The van der Waals surface area contributed by atoms with E-state index in [0.29, 0.717) is 13.2 Å². The number of fused-ring (bicyclic) bond motifs is 2. The van der Waals surface area contributed by atoms with Crippen LogP contribution in [0.25, 0.3) is 10.1 Å². The van der Waals surface area contributed by atoms with Crippen LogP contribution in [0.3, 0.4) is 0 Å². The molecule has 0 bridgehead atoms. The number of hydrogen-bond donors (Lipinski definition) is 0. The molecule has 0 radical (unpaired) electrons. The quantitative estimate of drug-likeness (QED) is 0.855. The molecule has 3 atom stereocenters. The van der Waals surface area contributed by atoms with Crippen molar-refractivity contribution >= 4 is 27.3 Å². The first-order chi connectivity index (χ1) is 10.8. The van der Waals surface area contributed by atoms with E-state index in [2.05, 4.69) is 6.07 Å². The number of morpholine rings is 1. The van der Waals surface area contributed by atoms with Crippen LogP contribution in [-0.2, 0) is 9.47 Å². The predicted molar refractivity (Wildman–Crippen MR) is 86.4 cm³/mol. The van der Waals surface area contributed by atoms with E-state index < -0.39 is 0 Å². The average molecular weight is 317 g/mol. The Labute approximate surface area is 133 Å². The van der Waals surface area contributed by atoms with Gasteiger partial charge in [0.15, 0.2) is 0 Å². The molecule has 2 fully saturated rings. The third-order valence-electron chi connectivity index (χ3n) is 4.81. The number of benzene rings is 1. The molecule has 0 N–H and O–H groups in total. The highest BCUT2D eigenvalue weighted by Gasteiger charge is 2.44. The molecular weight excluding hydrogens is 298 g/mol. The van der Waals surface area contributed by atoms with Gasteiger partial charge in [0.25, 0.3) is 5.91 Å². The lowest BCUT2D eigenvalue weighted by atomic mass is 10.1. The zero-order chi connectivity index (χ0) is 15.1. The van der Waals surface area contributed by atoms with Gasteiger partial charge in [0.05, 0.1) is 24.3 Å². The van der Waals surface area contributed by atoms with E-state index in [1.54, 1.807) is 18.4 Å². The summed E-state index contributed by atoms with van der Waals surface area (Å²) in [6.45, 7) is 1.26. The molecule has 5 heteroatoms. The number of amides is 1. The van der Waals surface area contributed by atoms with Crippen LogP contribution < -0.4 is 0 Å². The summed E-state index contributed by atoms with van der Waals surface area (Å²) >= 11 is 1.63. The van der Waals surface area contributed by atoms with Crippen molar-refractivity contribution < 1.29 is 14.3 Å². The Morgan fingerprint density at radius 3 is 3.09 bits per heavy atom. The van der Waals surface area contributed by atoms with Crippen LogP contribution in [0.15, 0.2) is 29.6 Å². The Morgan fingerprint density at radius 1 is 1.36 bits per heavy atom. The van der Waals surface area contributed by atoms with Crippen molar-refractivity contribution in [1.29, 1.82) is 0 Å². The number of ether oxygens (including phenoxy) is 2. The van der Waals surface area contributed by atoms with Crippen molar-refractivity contribution in [2.24, 2.45) is 0 Å². The fourth-order valence-electron chi connectivity index (χ4n) is 3.72. The summed E-state index contributed by atoms with van der Waals surface area (Å²) in [6, 6.07) is 8.24. The van der Waals surface area contributed by atoms with Gasteiger partial charge in [0.2, 0.25) is 0 Å². The van der Waals surface area contributed by atoms with Gasteiger partial charge in [-0.3, -0.25) is 4.79 Å². The molecule has 4 rings (SSSR count). The molecule has 1 amide bonds. The van der Waals surface area contributed by atoms with E-state index in [0.717, 1.165) is 28.5 Å². The van der Waals surface area contributed by atoms with E-state index in [9.17, 15) is 4.79 Å². The van der Waals surface area contributed by atoms with Crippen LogP contribution in [0.4, 0.5) is 0 Å². The maximum absolute atomic E-state index is 13.0. The molecule has 1 aliphatic carbocycles. The first-order valence-electron chi connectivity index (χ1n) is 7.71. The van der Waals surface area contributed by atoms with Crippen LogP contribution in [-0.4, -0.2) is 49.3 Å². The average Bonchev–Trinajstić information content (AvgIpc) is 3.17. The Balaban J connectivity index is 1.65. The van der Waals surface area contributed by atoms with E-state index >= 15 is 0 Å². The van der Waals surface area contributed by atoms with Crippen LogP contribution >= 0.6 is 11.3 Å². The molecule has 2 heterocycles. The summed E-state index contributed by atoms with van der Waals surface area (Å²) in [4.78, 5) is 15.1. The molecule has 2 aromatic rings. The summed E-state index contributed by atoms with van der Waals surface area (Å²) in [6.07, 6.45) is 2.05. The zero-order valence-electron chi connectivity index (χ0n) is 12.5. The van der Waals surface area contributed by atoms with Gasteiger partial charge in [-0.25, -0.2) is 0 Å². The van der Waals surface area contributed by atoms with Gasteiger partial charge in [0.1, 0.15) is 6.10 Å². The molecule has 1 aromatic heterocycles. The number of carbonyl (C=O) groups excluding carboxylic acids is 1. The summed E-state index contributed by atoms with van der Waals surface area (Å²) in [5.41, 5.74) is 0.821. The monoisotopic (exact) mass is 317 g/mol. The smallest absolute Gasteiger partial charge is 0.255 e. The number of methoxy groups -OCH3 is 1. The molecular formula is C17H19NO3S. The number of thiophene rings is 1. The van der Waals surface area contributed by atoms with Crippen molar-refractivity contribution in [2.75, 3.05) is 20.3 Å². The fraction of sp³-hybridized carbons (Fsp3) is 0.471. The van der Waals surface area contributed by atoms with Gasteiger partial charge in [-0.2, -0.15) is 0 Å². The minimum absolute atomic E-state index is 0.0209. The summed E-state index contributed by atoms with van der Waals surface area (Å²) in [5, 5.41) is 3.04. The molecule has 2 aliphatic rings. The molecule has 0 spiro atoms. The second-order valence-corrected chi connectivity index (χ2v) is 6.81. The van der Waals surface area contributed by atoms with Crippen molar-refractivity contribution in [1.82, 2.24) is 4.90 Å². The number of nitrogens with zero attached hydrogens (tertiary/aromatic N) is 1. The van der Waals surface area contributed by atoms with Gasteiger partial charge >= 0.3 is 0 Å². The minimum atomic E-state index is 0.0209. The van der Waals surface area contributed by atoms with Crippen LogP contribution in [0.1, 0.15) is 23.2 Å². The number of rotatable bonds is 2. The molecule has 116 valence electrons. The first-order valence-corrected chi connectivity index (χ1v) is 8.59. The van der Waals surface area contributed by atoms with E-state index in [1.807, 2.05) is 28.5 Å². The molecule has 1 saturated carbocycles. The van der Waals surface area contributed by atoms with Gasteiger partial charge in [0, 0.05) is 29.1 Å². The van der Waals surface area contributed by atoms with Crippen molar-refractivity contribution in [2.45, 2.75) is 31.1 Å². The summed E-state index contributed by atoms with van der Waals surface area (Å²) in [5.74, 6) is 0.132. The molecule has 1 aromatic carbocycles. The second kappa shape index (κ2) is 5.65. The lowest BCUT2D eigenvalue weighted by Crippen LogP contribution is -2.53. The SMILES string of the molecule is CO[C@@H]1CC[C@H]2[C@H]1OCCN2C(=O)c1csc2ccccc12. The van der Waals surface area contributed by atoms with Gasteiger partial charge < -0.3 is 14.4 Å². The lowest BCUT2D eigenvalue weighted by Gasteiger charge is -2.38. The summed E-state index contributed by atoms with van der Waals surface area (Å²) < 4.78 is 12.5. The molecule has 1 saturated heterocycles. The minimum Gasteiger partial charge on any atom is -0.379 e. The van der Waals surface area contributed by atoms with Crippen molar-refractivity contribution in [3.8, 4) is 0 Å². The highest BCUT2D eigenvalue weighted by atomic mass is 32.1. The fourth-order valence-corrected chi connectivity index (χ4v) is 4.65. The van der Waals surface area contributed by atoms with Crippen LogP contribution in [0.2, 0.25) is 0 Å². The third-order valence-corrected chi connectivity index (χ3v) is 5.77. The Hall–Kier alpha value is -1.43. The van der Waals surface area contributed by atoms with Crippen molar-refractivity contribution in [3.63, 3.8) is 0 Å². The van der Waals surface area contributed by atoms with Crippen LogP contribution in [0, 0.1) is 0 Å². The summed E-state index contributed by atoms with van der Waals surface area (Å²) in [7, 11) is 1.73. The third kappa shape index (κ3) is 2.16. The van der Waals surface area contributed by atoms with Crippen LogP contribution in [0.5, 0.6) is 0 Å². The number of carbonyl (C=O) groups is 1. The highest BCUT2D eigenvalue weighted by molar-refractivity contribution is 7.17. The molecule has 1 aliphatic heterocycles. The predicted octanol–water partition coefficient (Wildman–Crippen LogP) is 2.92. The van der Waals surface area contributed by atoms with Gasteiger partial charge in [-0.1, -0.05) is 18.2 Å². The second-order valence-electron chi connectivity index (χ2n) is 5.90. The van der Waals surface area contributed by atoms with E-state index in [-0.39, 0.29) is 24.2 Å². The maximum Gasteiger partial charge on any atom is 0.255 e. The molecule has 4 nitrogen and oxygen atoms in total. The van der Waals surface area contributed by atoms with E-state index in [1.165, 1.54) is 0 Å². The van der Waals surface area contributed by atoms with Crippen molar-refractivity contribution in [3.05, 3.63) is 35.2 Å². The first kappa shape index (κ1) is 14.2. The highest BCUT2D eigenvalue weighted by Crippen LogP contribution is 2.34. The topological polar surface area (TPSA) is 38.8 Å². The van der Waals surface area contributed by atoms with E-state index in [4.69, 9.17) is 9.47 Å². The Bertz CT molecular complexity index is 698. The lowest BCUT2D eigenvalue weighted by molar-refractivity contribution is -0.0946. The van der Waals surface area contributed by atoms with Gasteiger partial charge in [-0.15, -0.1) is 11.3 Å². The molecule has 22 heavy (non-hydrogen) atoms. The Kier molecular flexibility index (Phi) is 3.64. The Morgan fingerprint density at radius 2 is 2.23 bits per heavy atom. The van der Waals surface area contributed by atoms with Gasteiger partial charge in [-0.05, 0) is 18.9 Å². The zero-order valence-corrected chi connectivity index (χ0v) is 13.3. The normalized spacial score (nSPS) is 28.0.